The van der Waals surface area contributed by atoms with Crippen LogP contribution in [0.5, 0.6) is 0 Å². The van der Waals surface area contributed by atoms with E-state index in [1.54, 1.807) is 140 Å². The lowest BCUT2D eigenvalue weighted by molar-refractivity contribution is 0.443. The van der Waals surface area contributed by atoms with Crippen molar-refractivity contribution in [3.63, 3.8) is 0 Å². The lowest BCUT2D eigenvalue weighted by Gasteiger charge is -2.13. The van der Waals surface area contributed by atoms with Gasteiger partial charge < -0.3 is 0 Å². The molecule has 0 aliphatic heterocycles. The SMILES string of the molecule is Cc1c(F)cc([S+](c2ccc(F)cc2)c2ccc(F)cc2)cc1F.Cc1cc([S+](c2cc(C)c(F)c(C)c2)c2cc(F)c(C)c(F)c2)cc(C)c1F.Cc1cc([S+](c2cc(F)cc(F)c2)c2ccc(F)c(C)c2)ccc1F.Cc1cc([S+](c2ccc(F)c(C)c2)c2cc(F)c(F)c(F)c2)ccc1F. The molecule has 103 heavy (non-hydrogen) atoms. The number of rotatable bonds is 12. The largest absolute Gasteiger partial charge is 0.207 e. The molecule has 0 aliphatic rings. The molecule has 0 nitrogen and oxygen atoms in total. The van der Waals surface area contributed by atoms with Crippen molar-refractivity contribution in [2.75, 3.05) is 0 Å². The van der Waals surface area contributed by atoms with Gasteiger partial charge in [0, 0.05) is 65.7 Å². The third-order valence-corrected chi connectivity index (χ3v) is 24.7. The first kappa shape index (κ1) is 78.0. The standard InChI is InChI=1S/C23H21F4S.C20H14F5S.C20H15F4S.C19H13F4S/c1-12-6-17(7-13(2)22(12)26)28(18-8-14(3)23(27)15(4)9-18)19-10-20(24)16(5)21(25)11-19;1-11-7-13(3-5-16(11)21)26(14-4-6-17(22)12(2)8-14)15-9-18(23)20(25)19(24)10-15;1-12-7-16(3-5-19(12)23)25(17-4-6-20(24)13(2)8-17)18-10-14(21)9-15(22)11-18;1-12-18(22)10-17(11-19(12)23)24(15-6-2-13(20)3-7-15)16-8-4-14(21)5-9-16/h6-11H,1-5H3;3-10H,1-2H3;3-11H,1-2H3;2-11H,1H3/q4*+1. The molecule has 12 rings (SSSR count). The molecule has 12 aromatic carbocycles. The highest BCUT2D eigenvalue weighted by Gasteiger charge is 2.37. The lowest BCUT2D eigenvalue weighted by Crippen LogP contribution is -2.09. The molecular formula is C82H63F17S4+4. The molecule has 0 radical (unpaired) electrons. The van der Waals surface area contributed by atoms with E-state index in [0.29, 0.717) is 88.6 Å². The molecule has 0 amide bonds. The summed E-state index contributed by atoms with van der Waals surface area (Å²) in [5, 5.41) is 0. The minimum atomic E-state index is -1.55. The average molecular weight is 1500 g/mol. The zero-order valence-corrected chi connectivity index (χ0v) is 59.9. The Kier molecular flexibility index (Phi) is 25.4. The van der Waals surface area contributed by atoms with Crippen LogP contribution in [0.4, 0.5) is 74.6 Å². The average Bonchev–Trinajstić information content (AvgIpc) is 0.788. The van der Waals surface area contributed by atoms with E-state index >= 15 is 0 Å². The molecule has 530 valence electrons. The third kappa shape index (κ3) is 18.6. The van der Waals surface area contributed by atoms with Gasteiger partial charge in [0.2, 0.25) is 0 Å². The van der Waals surface area contributed by atoms with E-state index in [4.69, 9.17) is 0 Å². The maximum atomic E-state index is 14.3. The fourth-order valence-electron chi connectivity index (χ4n) is 10.6. The highest BCUT2D eigenvalue weighted by molar-refractivity contribution is 7.98. The summed E-state index contributed by atoms with van der Waals surface area (Å²) < 4.78 is 234. The van der Waals surface area contributed by atoms with Crippen molar-refractivity contribution in [3.05, 3.63) is 355 Å². The van der Waals surface area contributed by atoms with Crippen LogP contribution in [0, 0.1) is 168 Å². The van der Waals surface area contributed by atoms with Crippen molar-refractivity contribution >= 4 is 43.6 Å². The fraction of sp³-hybridized carbons (Fsp3) is 0.122. The summed E-state index contributed by atoms with van der Waals surface area (Å²) >= 11 is 0. The number of hydrogen-bond acceptors (Lipinski definition) is 0. The zero-order chi connectivity index (χ0) is 75.2. The molecule has 0 aliphatic carbocycles. The van der Waals surface area contributed by atoms with Crippen LogP contribution >= 0.6 is 0 Å². The minimum absolute atomic E-state index is 0.0507. The second kappa shape index (κ2) is 33.5. The van der Waals surface area contributed by atoms with Gasteiger partial charge in [-0.25, -0.2) is 74.6 Å². The maximum absolute atomic E-state index is 14.3. The summed E-state index contributed by atoms with van der Waals surface area (Å²) in [5.74, 6) is -11.1. The van der Waals surface area contributed by atoms with Crippen molar-refractivity contribution in [2.24, 2.45) is 0 Å². The first-order valence-corrected chi connectivity index (χ1v) is 36.2. The van der Waals surface area contributed by atoms with E-state index in [1.807, 2.05) is 0 Å². The van der Waals surface area contributed by atoms with E-state index in [0.717, 1.165) is 28.0 Å². The van der Waals surface area contributed by atoms with Crippen molar-refractivity contribution in [2.45, 2.75) is 128 Å². The number of aryl methyl sites for hydroxylation is 8. The van der Waals surface area contributed by atoms with Gasteiger partial charge in [0.15, 0.2) is 76.2 Å². The van der Waals surface area contributed by atoms with Gasteiger partial charge in [0.1, 0.15) is 81.4 Å². The Balaban J connectivity index is 0.000000160. The first-order valence-electron chi connectivity index (χ1n) is 31.3. The molecule has 0 atom stereocenters. The zero-order valence-electron chi connectivity index (χ0n) is 56.6. The molecule has 0 saturated carbocycles. The fourth-order valence-corrected chi connectivity index (χ4v) is 19.6. The monoisotopic (exact) mass is 1500 g/mol. The predicted octanol–water partition coefficient (Wildman–Crippen LogP) is 24.6. The Hall–Kier alpha value is -9.15. The maximum Gasteiger partial charge on any atom is 0.194 e. The number of hydrogen-bond donors (Lipinski definition) is 0. The molecule has 0 heterocycles. The second-order valence-electron chi connectivity index (χ2n) is 23.8. The Bertz CT molecular complexity index is 4700. The third-order valence-electron chi connectivity index (χ3n) is 16.1. The van der Waals surface area contributed by atoms with E-state index in [2.05, 4.69) is 0 Å². The van der Waals surface area contributed by atoms with Crippen LogP contribution in [-0.2, 0) is 43.6 Å². The molecule has 0 aromatic heterocycles. The second-order valence-corrected chi connectivity index (χ2v) is 32.0. The van der Waals surface area contributed by atoms with Crippen molar-refractivity contribution in [1.82, 2.24) is 0 Å². The smallest absolute Gasteiger partial charge is 0.194 e. The van der Waals surface area contributed by atoms with Crippen LogP contribution in [0.25, 0.3) is 0 Å². The van der Waals surface area contributed by atoms with Gasteiger partial charge in [0.05, 0.1) is 43.6 Å². The van der Waals surface area contributed by atoms with Gasteiger partial charge in [-0.1, -0.05) is 0 Å². The van der Waals surface area contributed by atoms with Crippen LogP contribution in [0.2, 0.25) is 0 Å². The van der Waals surface area contributed by atoms with E-state index in [1.165, 1.54) is 111 Å². The summed E-state index contributed by atoms with van der Waals surface area (Å²) in [6, 6.07) is 46.3. The molecule has 12 aromatic rings. The molecule has 0 fully saturated rings. The predicted molar refractivity (Wildman–Crippen MR) is 373 cm³/mol. The van der Waals surface area contributed by atoms with Crippen molar-refractivity contribution in [3.8, 4) is 0 Å². The van der Waals surface area contributed by atoms with Gasteiger partial charge in [0.25, 0.3) is 0 Å². The van der Waals surface area contributed by atoms with Crippen LogP contribution in [0.15, 0.2) is 259 Å². The molecule has 0 bridgehead atoms. The Labute approximate surface area is 597 Å². The Morgan fingerprint density at radius 3 is 0.621 bits per heavy atom. The molecule has 21 heteroatoms. The van der Waals surface area contributed by atoms with Gasteiger partial charge in [-0.3, -0.25) is 0 Å². The van der Waals surface area contributed by atoms with Crippen molar-refractivity contribution in [1.29, 1.82) is 0 Å². The topological polar surface area (TPSA) is 0 Å². The molecule has 0 unspecified atom stereocenters. The van der Waals surface area contributed by atoms with Crippen molar-refractivity contribution < 1.29 is 74.6 Å². The Morgan fingerprint density at radius 2 is 0.359 bits per heavy atom. The first-order chi connectivity index (χ1) is 48.7. The van der Waals surface area contributed by atoms with Gasteiger partial charge in [-0.2, -0.15) is 0 Å². The summed E-state index contributed by atoms with van der Waals surface area (Å²) in [6.45, 7) is 15.8. The number of halogens is 17. The summed E-state index contributed by atoms with van der Waals surface area (Å²) in [5.41, 5.74) is 3.31. The van der Waals surface area contributed by atoms with Gasteiger partial charge in [-0.05, 0) is 259 Å². The highest BCUT2D eigenvalue weighted by Crippen LogP contribution is 2.40. The normalized spacial score (nSPS) is 11.2. The Morgan fingerprint density at radius 1 is 0.155 bits per heavy atom. The van der Waals surface area contributed by atoms with E-state index in [-0.39, 0.29) is 39.3 Å². The summed E-state index contributed by atoms with van der Waals surface area (Å²) in [7, 11) is -3.73. The van der Waals surface area contributed by atoms with E-state index < -0.39 is 119 Å². The summed E-state index contributed by atoms with van der Waals surface area (Å²) in [6.07, 6.45) is 0. The van der Waals surface area contributed by atoms with Gasteiger partial charge >= 0.3 is 0 Å². The highest BCUT2D eigenvalue weighted by atomic mass is 32.2. The van der Waals surface area contributed by atoms with Crippen LogP contribution in [-0.4, -0.2) is 0 Å². The molecule has 0 N–H and O–H groups in total. The lowest BCUT2D eigenvalue weighted by atomic mass is 10.1. The molecular weight excluding hydrogens is 1440 g/mol. The summed E-state index contributed by atoms with van der Waals surface area (Å²) in [4.78, 5) is 6.83. The number of benzene rings is 12. The molecule has 0 saturated heterocycles. The molecule has 0 spiro atoms. The van der Waals surface area contributed by atoms with Crippen LogP contribution < -0.4 is 0 Å². The quantitative estimate of drug-likeness (QED) is 0.0650. The van der Waals surface area contributed by atoms with E-state index in [9.17, 15) is 74.6 Å². The van der Waals surface area contributed by atoms with Crippen LogP contribution in [0.3, 0.4) is 0 Å². The van der Waals surface area contributed by atoms with Crippen LogP contribution in [0.1, 0.15) is 55.6 Å². The minimum Gasteiger partial charge on any atom is -0.207 e. The van der Waals surface area contributed by atoms with Gasteiger partial charge in [-0.15, -0.1) is 0 Å².